The first-order chi connectivity index (χ1) is 8.86. The lowest BCUT2D eigenvalue weighted by atomic mass is 10.0. The van der Waals surface area contributed by atoms with Gasteiger partial charge in [0.1, 0.15) is 5.75 Å². The molecule has 1 aliphatic rings. The van der Waals surface area contributed by atoms with Gasteiger partial charge in [0, 0.05) is 17.1 Å². The van der Waals surface area contributed by atoms with Crippen molar-refractivity contribution in [1.82, 2.24) is 5.43 Å². The van der Waals surface area contributed by atoms with Crippen LogP contribution in [-0.4, -0.2) is 5.11 Å². The molecule has 0 amide bonds. The third-order valence-electron chi connectivity index (χ3n) is 2.82. The second-order valence-electron chi connectivity index (χ2n) is 3.92. The first-order valence-corrected chi connectivity index (χ1v) is 5.60. The second-order valence-corrected chi connectivity index (χ2v) is 3.92. The number of allylic oxidation sites excluding steroid dienone is 2. The summed E-state index contributed by atoms with van der Waals surface area (Å²) in [6, 6.07) is 11.2. The fraction of sp³-hybridized carbons (Fsp3) is 0. The van der Waals surface area contributed by atoms with E-state index in [0.717, 1.165) is 22.0 Å². The third-order valence-corrected chi connectivity index (χ3v) is 2.82. The van der Waals surface area contributed by atoms with Crippen molar-refractivity contribution < 1.29 is 5.11 Å². The van der Waals surface area contributed by atoms with Gasteiger partial charge in [0.2, 0.25) is 0 Å². The van der Waals surface area contributed by atoms with Crippen LogP contribution in [0.2, 0.25) is 0 Å². The molecule has 18 heavy (non-hydrogen) atoms. The van der Waals surface area contributed by atoms with Gasteiger partial charge in [-0.25, -0.2) is 0 Å². The number of hydrogen-bond acceptors (Lipinski definition) is 4. The topological polar surface area (TPSA) is 57.0 Å². The number of phenolic OH excluding ortho intramolecular Hbond substituents is 1. The van der Waals surface area contributed by atoms with Gasteiger partial charge in [0.25, 0.3) is 0 Å². The molecule has 88 valence electrons. The van der Waals surface area contributed by atoms with Crippen molar-refractivity contribution in [2.24, 2.45) is 10.3 Å². The summed E-state index contributed by atoms with van der Waals surface area (Å²) in [5.41, 5.74) is 4.38. The van der Waals surface area contributed by atoms with Gasteiger partial charge in [0.15, 0.2) is 0 Å². The summed E-state index contributed by atoms with van der Waals surface area (Å²) in [6.07, 6.45) is 5.43. The first-order valence-electron chi connectivity index (χ1n) is 5.60. The van der Waals surface area contributed by atoms with E-state index >= 15 is 0 Å². The van der Waals surface area contributed by atoms with Crippen molar-refractivity contribution in [1.29, 1.82) is 0 Å². The van der Waals surface area contributed by atoms with Crippen molar-refractivity contribution in [3.63, 3.8) is 0 Å². The summed E-state index contributed by atoms with van der Waals surface area (Å²) in [6.45, 7) is 0. The van der Waals surface area contributed by atoms with Crippen LogP contribution in [-0.2, 0) is 0 Å². The maximum atomic E-state index is 9.85. The Balaban J connectivity index is 2.27. The zero-order valence-electron chi connectivity index (χ0n) is 9.54. The summed E-state index contributed by atoms with van der Waals surface area (Å²) in [5, 5.41) is 19.5. The molecule has 2 N–H and O–H groups in total. The van der Waals surface area contributed by atoms with E-state index in [2.05, 4.69) is 15.8 Å². The average molecular weight is 237 g/mol. The highest BCUT2D eigenvalue weighted by Crippen LogP contribution is 2.31. The molecule has 0 spiro atoms. The molecular weight excluding hydrogens is 226 g/mol. The fourth-order valence-corrected chi connectivity index (χ4v) is 1.99. The standard InChI is InChI=1S/C14H11N3O/c18-14-8-2-4-10-11(5-1-6-12(10)14)13-7-3-9-15-17-16-13/h1-9,18H,(H,15,16). The Labute approximate surface area is 104 Å². The van der Waals surface area contributed by atoms with Crippen LogP contribution in [0.4, 0.5) is 0 Å². The molecule has 0 bridgehead atoms. The smallest absolute Gasteiger partial charge is 0.123 e. The van der Waals surface area contributed by atoms with Gasteiger partial charge in [-0.05, 0) is 23.6 Å². The normalized spacial score (nSPS) is 14.1. The molecule has 0 saturated carbocycles. The van der Waals surface area contributed by atoms with Gasteiger partial charge in [-0.3, -0.25) is 5.43 Å². The largest absolute Gasteiger partial charge is 0.507 e. The predicted octanol–water partition coefficient (Wildman–Crippen LogP) is 3.37. The summed E-state index contributed by atoms with van der Waals surface area (Å²) in [4.78, 5) is 0. The van der Waals surface area contributed by atoms with Gasteiger partial charge >= 0.3 is 0 Å². The Morgan fingerprint density at radius 2 is 1.83 bits per heavy atom. The lowest BCUT2D eigenvalue weighted by Gasteiger charge is -2.06. The Bertz CT molecular complexity index is 686. The van der Waals surface area contributed by atoms with Crippen molar-refractivity contribution >= 4 is 16.5 Å². The molecule has 0 fully saturated rings. The SMILES string of the molecule is Oc1cccc2c(C3=CC=CNN=N3)cccc12. The molecule has 0 atom stereocenters. The van der Waals surface area contributed by atoms with Crippen molar-refractivity contribution in [3.05, 3.63) is 60.3 Å². The number of phenols is 1. The minimum atomic E-state index is 0.272. The minimum absolute atomic E-state index is 0.272. The molecule has 0 radical (unpaired) electrons. The molecule has 0 saturated heterocycles. The lowest BCUT2D eigenvalue weighted by Crippen LogP contribution is -1.88. The first kappa shape index (κ1) is 10.5. The van der Waals surface area contributed by atoms with Gasteiger partial charge in [-0.15, -0.1) is 5.11 Å². The summed E-state index contributed by atoms with van der Waals surface area (Å²) in [7, 11) is 0. The highest BCUT2D eigenvalue weighted by molar-refractivity contribution is 5.97. The Kier molecular flexibility index (Phi) is 2.53. The van der Waals surface area contributed by atoms with Crippen LogP contribution in [0.25, 0.3) is 16.5 Å². The molecule has 3 rings (SSSR count). The number of rotatable bonds is 1. The molecule has 2 aromatic carbocycles. The molecule has 4 nitrogen and oxygen atoms in total. The van der Waals surface area contributed by atoms with Crippen LogP contribution >= 0.6 is 0 Å². The summed E-state index contributed by atoms with van der Waals surface area (Å²) < 4.78 is 0. The summed E-state index contributed by atoms with van der Waals surface area (Å²) >= 11 is 0. The molecule has 2 aromatic rings. The van der Waals surface area contributed by atoms with Crippen LogP contribution in [0.3, 0.4) is 0 Å². The Morgan fingerprint density at radius 3 is 2.78 bits per heavy atom. The van der Waals surface area contributed by atoms with Gasteiger partial charge < -0.3 is 5.11 Å². The summed E-state index contributed by atoms with van der Waals surface area (Å²) in [5.74, 6) is 0.272. The Hall–Kier alpha value is -2.62. The molecule has 1 heterocycles. The second kappa shape index (κ2) is 4.33. The number of nitrogens with zero attached hydrogens (tertiary/aromatic N) is 2. The Morgan fingerprint density at radius 1 is 1.00 bits per heavy atom. The molecule has 0 aromatic heterocycles. The zero-order chi connectivity index (χ0) is 12.4. The molecule has 1 aliphatic heterocycles. The van der Waals surface area contributed by atoms with Crippen LogP contribution in [0.15, 0.2) is 65.1 Å². The van der Waals surface area contributed by atoms with E-state index in [1.165, 1.54) is 0 Å². The highest BCUT2D eigenvalue weighted by Gasteiger charge is 2.08. The molecular formula is C14H11N3O. The van der Waals surface area contributed by atoms with Crippen LogP contribution < -0.4 is 5.43 Å². The quantitative estimate of drug-likeness (QED) is 0.798. The van der Waals surface area contributed by atoms with E-state index in [-0.39, 0.29) is 5.75 Å². The third kappa shape index (κ3) is 1.73. The number of benzene rings is 2. The van der Waals surface area contributed by atoms with Crippen LogP contribution in [0, 0.1) is 0 Å². The van der Waals surface area contributed by atoms with Gasteiger partial charge in [0.05, 0.1) is 5.70 Å². The van der Waals surface area contributed by atoms with E-state index in [1.807, 2.05) is 42.5 Å². The number of aromatic hydroxyl groups is 1. The number of fused-ring (bicyclic) bond motifs is 1. The van der Waals surface area contributed by atoms with E-state index < -0.39 is 0 Å². The minimum Gasteiger partial charge on any atom is -0.507 e. The molecule has 4 heteroatoms. The van der Waals surface area contributed by atoms with Crippen molar-refractivity contribution in [2.45, 2.75) is 0 Å². The maximum Gasteiger partial charge on any atom is 0.123 e. The van der Waals surface area contributed by atoms with Gasteiger partial charge in [-0.1, -0.05) is 35.6 Å². The van der Waals surface area contributed by atoms with Crippen molar-refractivity contribution in [3.8, 4) is 5.75 Å². The predicted molar refractivity (Wildman–Crippen MR) is 70.7 cm³/mol. The fourth-order valence-electron chi connectivity index (χ4n) is 1.99. The highest BCUT2D eigenvalue weighted by atomic mass is 16.3. The maximum absolute atomic E-state index is 9.85. The molecule has 0 aliphatic carbocycles. The van der Waals surface area contributed by atoms with E-state index in [9.17, 15) is 5.11 Å². The van der Waals surface area contributed by atoms with Gasteiger partial charge in [-0.2, -0.15) is 0 Å². The van der Waals surface area contributed by atoms with E-state index in [1.54, 1.807) is 12.3 Å². The van der Waals surface area contributed by atoms with Crippen molar-refractivity contribution in [2.75, 3.05) is 0 Å². The zero-order valence-corrected chi connectivity index (χ0v) is 9.54. The van der Waals surface area contributed by atoms with E-state index in [0.29, 0.717) is 0 Å². The van der Waals surface area contributed by atoms with Crippen LogP contribution in [0.5, 0.6) is 5.75 Å². The number of nitrogens with one attached hydrogen (secondary N) is 1. The average Bonchev–Trinajstić information content (AvgIpc) is 2.67. The monoisotopic (exact) mass is 237 g/mol. The molecule has 0 unspecified atom stereocenters. The van der Waals surface area contributed by atoms with E-state index in [4.69, 9.17) is 0 Å². The number of hydrogen-bond donors (Lipinski definition) is 2. The van der Waals surface area contributed by atoms with Crippen LogP contribution in [0.1, 0.15) is 5.56 Å². The lowest BCUT2D eigenvalue weighted by molar-refractivity contribution is 0.481.